The number of halogens is 2. The SMILES string of the molecule is Cc1ccc(Cl)c([C@@H](C)Oc2cc(-c3cnn(C4CCN(C)CC4)c3)cnc2N)c1Cl. The van der Waals surface area contributed by atoms with E-state index in [2.05, 4.69) is 32.9 Å². The van der Waals surface area contributed by atoms with Gasteiger partial charge in [0.25, 0.3) is 0 Å². The van der Waals surface area contributed by atoms with Crippen molar-refractivity contribution in [3.8, 4) is 16.9 Å². The number of pyridine rings is 1. The lowest BCUT2D eigenvalue weighted by Gasteiger charge is -2.28. The van der Waals surface area contributed by atoms with E-state index in [1.54, 1.807) is 6.20 Å². The van der Waals surface area contributed by atoms with Crippen molar-refractivity contribution in [2.45, 2.75) is 38.8 Å². The summed E-state index contributed by atoms with van der Waals surface area (Å²) < 4.78 is 8.22. The molecule has 2 N–H and O–H groups in total. The van der Waals surface area contributed by atoms with Gasteiger partial charge in [-0.1, -0.05) is 29.3 Å². The Kier molecular flexibility index (Phi) is 6.42. The van der Waals surface area contributed by atoms with Crippen LogP contribution in [0.4, 0.5) is 5.82 Å². The van der Waals surface area contributed by atoms with Crippen molar-refractivity contribution in [1.29, 1.82) is 0 Å². The van der Waals surface area contributed by atoms with Crippen molar-refractivity contribution in [2.24, 2.45) is 0 Å². The van der Waals surface area contributed by atoms with Crippen molar-refractivity contribution in [1.82, 2.24) is 19.7 Å². The van der Waals surface area contributed by atoms with E-state index in [9.17, 15) is 0 Å². The predicted octanol–water partition coefficient (Wildman–Crippen LogP) is 5.55. The highest BCUT2D eigenvalue weighted by Crippen LogP contribution is 2.37. The Hall–Kier alpha value is -2.28. The molecule has 0 radical (unpaired) electrons. The maximum absolute atomic E-state index is 6.49. The summed E-state index contributed by atoms with van der Waals surface area (Å²) in [6.07, 6.45) is 7.50. The summed E-state index contributed by atoms with van der Waals surface area (Å²) in [5.74, 6) is 0.809. The Morgan fingerprint density at radius 1 is 1.16 bits per heavy atom. The first-order chi connectivity index (χ1) is 14.8. The van der Waals surface area contributed by atoms with Crippen LogP contribution < -0.4 is 10.5 Å². The lowest BCUT2D eigenvalue weighted by atomic mass is 10.1. The third kappa shape index (κ3) is 4.66. The number of piperidine rings is 1. The molecule has 3 heterocycles. The van der Waals surface area contributed by atoms with Gasteiger partial charge in [0, 0.05) is 34.1 Å². The Bertz CT molecular complexity index is 1080. The molecule has 1 aromatic carbocycles. The lowest BCUT2D eigenvalue weighted by molar-refractivity contribution is 0.212. The zero-order valence-electron chi connectivity index (χ0n) is 18.0. The highest BCUT2D eigenvalue weighted by atomic mass is 35.5. The fraction of sp³-hybridized carbons (Fsp3) is 0.391. The molecule has 0 aliphatic carbocycles. The fourth-order valence-corrected chi connectivity index (χ4v) is 4.63. The Morgan fingerprint density at radius 2 is 1.90 bits per heavy atom. The van der Waals surface area contributed by atoms with Gasteiger partial charge in [-0.2, -0.15) is 5.10 Å². The summed E-state index contributed by atoms with van der Waals surface area (Å²) in [4.78, 5) is 6.69. The molecule has 31 heavy (non-hydrogen) atoms. The zero-order chi connectivity index (χ0) is 22.1. The smallest absolute Gasteiger partial charge is 0.166 e. The number of rotatable bonds is 5. The number of ether oxygens (including phenoxy) is 1. The third-order valence-corrected chi connectivity index (χ3v) is 6.74. The first-order valence-corrected chi connectivity index (χ1v) is 11.2. The topological polar surface area (TPSA) is 69.2 Å². The minimum Gasteiger partial charge on any atom is -0.482 e. The molecule has 0 amide bonds. The number of aryl methyl sites for hydroxylation is 1. The van der Waals surface area contributed by atoms with E-state index in [1.165, 1.54) is 0 Å². The fourth-order valence-electron chi connectivity index (χ4n) is 3.95. The van der Waals surface area contributed by atoms with Crippen LogP contribution in [-0.4, -0.2) is 39.8 Å². The second-order valence-corrected chi connectivity index (χ2v) is 8.99. The van der Waals surface area contributed by atoms with Gasteiger partial charge in [0.1, 0.15) is 6.10 Å². The molecule has 1 aliphatic heterocycles. The standard InChI is InChI=1S/C23H27Cl2N5O/c1-14-4-5-19(24)21(22(14)25)15(2)31-20-10-16(11-27-23(20)26)17-12-28-30(13-17)18-6-8-29(3)9-7-18/h4-5,10-13,15,18H,6-9H2,1-3H3,(H2,26,27)/t15-/m1/s1. The Labute approximate surface area is 192 Å². The van der Waals surface area contributed by atoms with Gasteiger partial charge in [0.15, 0.2) is 11.6 Å². The predicted molar refractivity (Wildman–Crippen MR) is 126 cm³/mol. The van der Waals surface area contributed by atoms with Crippen LogP contribution in [0.5, 0.6) is 5.75 Å². The van der Waals surface area contributed by atoms with Crippen LogP contribution in [0, 0.1) is 6.92 Å². The highest BCUT2D eigenvalue weighted by molar-refractivity contribution is 6.36. The molecular weight excluding hydrogens is 433 g/mol. The van der Waals surface area contributed by atoms with Gasteiger partial charge in [-0.25, -0.2) is 4.98 Å². The molecule has 164 valence electrons. The molecular formula is C23H27Cl2N5O. The minimum absolute atomic E-state index is 0.318. The number of hydrogen-bond donors (Lipinski definition) is 1. The lowest BCUT2D eigenvalue weighted by Crippen LogP contribution is -2.31. The number of hydrogen-bond acceptors (Lipinski definition) is 5. The molecule has 1 aliphatic rings. The van der Waals surface area contributed by atoms with Gasteiger partial charge >= 0.3 is 0 Å². The van der Waals surface area contributed by atoms with E-state index in [4.69, 9.17) is 33.7 Å². The van der Waals surface area contributed by atoms with E-state index in [0.29, 0.717) is 27.7 Å². The number of aromatic nitrogens is 3. The van der Waals surface area contributed by atoms with E-state index in [0.717, 1.165) is 48.2 Å². The molecule has 1 saturated heterocycles. The average Bonchev–Trinajstić information content (AvgIpc) is 3.23. The number of nitrogens with two attached hydrogens (primary N) is 1. The molecule has 0 saturated carbocycles. The molecule has 1 atom stereocenters. The summed E-state index contributed by atoms with van der Waals surface area (Å²) in [6, 6.07) is 6.03. The van der Waals surface area contributed by atoms with Gasteiger partial charge in [0.2, 0.25) is 0 Å². The van der Waals surface area contributed by atoms with Crippen LogP contribution in [0.15, 0.2) is 36.8 Å². The van der Waals surface area contributed by atoms with Crippen LogP contribution in [-0.2, 0) is 0 Å². The summed E-state index contributed by atoms with van der Waals surface area (Å²) in [5.41, 5.74) is 9.67. The molecule has 6 nitrogen and oxygen atoms in total. The van der Waals surface area contributed by atoms with E-state index < -0.39 is 0 Å². The summed E-state index contributed by atoms with van der Waals surface area (Å²) in [7, 11) is 2.16. The molecule has 3 aromatic rings. The van der Waals surface area contributed by atoms with Crippen LogP contribution >= 0.6 is 23.2 Å². The minimum atomic E-state index is -0.388. The van der Waals surface area contributed by atoms with Crippen molar-refractivity contribution < 1.29 is 4.74 Å². The van der Waals surface area contributed by atoms with Gasteiger partial charge in [-0.15, -0.1) is 0 Å². The number of nitrogen functional groups attached to an aromatic ring is 1. The Balaban J connectivity index is 1.56. The van der Waals surface area contributed by atoms with Gasteiger partial charge < -0.3 is 15.4 Å². The molecule has 2 aromatic heterocycles. The summed E-state index contributed by atoms with van der Waals surface area (Å²) in [5, 5.41) is 5.76. The molecule has 0 spiro atoms. The molecule has 0 bridgehead atoms. The molecule has 1 fully saturated rings. The van der Waals surface area contributed by atoms with Crippen molar-refractivity contribution in [2.75, 3.05) is 25.9 Å². The third-order valence-electron chi connectivity index (χ3n) is 5.91. The maximum Gasteiger partial charge on any atom is 0.166 e. The van der Waals surface area contributed by atoms with Gasteiger partial charge in [-0.3, -0.25) is 4.68 Å². The molecule has 8 heteroatoms. The quantitative estimate of drug-likeness (QED) is 0.541. The average molecular weight is 460 g/mol. The van der Waals surface area contributed by atoms with Gasteiger partial charge in [-0.05, 0) is 64.5 Å². The zero-order valence-corrected chi connectivity index (χ0v) is 19.5. The molecule has 0 unspecified atom stereocenters. The largest absolute Gasteiger partial charge is 0.482 e. The van der Waals surface area contributed by atoms with Crippen molar-refractivity contribution >= 4 is 29.0 Å². The van der Waals surface area contributed by atoms with Crippen LogP contribution in [0.2, 0.25) is 10.0 Å². The normalized spacial score (nSPS) is 16.4. The van der Waals surface area contributed by atoms with E-state index >= 15 is 0 Å². The number of nitrogens with zero attached hydrogens (tertiary/aromatic N) is 4. The first-order valence-electron chi connectivity index (χ1n) is 10.4. The van der Waals surface area contributed by atoms with Gasteiger partial charge in [0.05, 0.1) is 17.3 Å². The van der Waals surface area contributed by atoms with E-state index in [1.807, 2.05) is 38.2 Å². The van der Waals surface area contributed by atoms with Crippen molar-refractivity contribution in [3.63, 3.8) is 0 Å². The monoisotopic (exact) mass is 459 g/mol. The van der Waals surface area contributed by atoms with Crippen molar-refractivity contribution in [3.05, 3.63) is 58.0 Å². The summed E-state index contributed by atoms with van der Waals surface area (Å²) in [6.45, 7) is 6.01. The van der Waals surface area contributed by atoms with E-state index in [-0.39, 0.29) is 6.10 Å². The summed E-state index contributed by atoms with van der Waals surface area (Å²) >= 11 is 12.9. The first kappa shape index (κ1) is 21.9. The van der Waals surface area contributed by atoms with Crippen LogP contribution in [0.3, 0.4) is 0 Å². The highest BCUT2D eigenvalue weighted by Gasteiger charge is 2.21. The second-order valence-electron chi connectivity index (χ2n) is 8.20. The number of anilines is 1. The molecule has 4 rings (SSSR count). The van der Waals surface area contributed by atoms with Crippen LogP contribution in [0.25, 0.3) is 11.1 Å². The number of likely N-dealkylation sites (tertiary alicyclic amines) is 1. The van der Waals surface area contributed by atoms with Crippen LogP contribution in [0.1, 0.15) is 43.0 Å². The number of benzene rings is 1. The maximum atomic E-state index is 6.49. The Morgan fingerprint density at radius 3 is 2.65 bits per heavy atom. The second kappa shape index (κ2) is 9.07.